The molecule has 3 aromatic rings. The van der Waals surface area contributed by atoms with E-state index in [-0.39, 0.29) is 16.7 Å². The minimum Gasteiger partial charge on any atom is -0.337 e. The number of carbonyl (C=O) groups is 2. The van der Waals surface area contributed by atoms with E-state index in [0.717, 1.165) is 5.56 Å². The second-order valence-electron chi connectivity index (χ2n) is 7.35. The first-order valence-electron chi connectivity index (χ1n) is 10.3. The van der Waals surface area contributed by atoms with E-state index in [9.17, 15) is 19.7 Å². The molecule has 2 amide bonds. The Kier molecular flexibility index (Phi) is 8.20. The van der Waals surface area contributed by atoms with Gasteiger partial charge in [-0.1, -0.05) is 36.4 Å². The first-order valence-corrected chi connectivity index (χ1v) is 10.7. The molecule has 0 aromatic heterocycles. The Balaban J connectivity index is 1.55. The van der Waals surface area contributed by atoms with Crippen LogP contribution in [0.5, 0.6) is 0 Å². The van der Waals surface area contributed by atoms with Crippen LogP contribution in [0.15, 0.2) is 84.9 Å². The molecule has 8 nitrogen and oxygen atoms in total. The SMILES string of the molecule is CN(Cc1ccccc1)C(=O)c1cccc(NC(=S)NC(=O)/C=C/c2ccc([N+](=O)[O-])cc2)c1. The molecule has 3 aromatic carbocycles. The van der Waals surface area contributed by atoms with Gasteiger partial charge in [0.05, 0.1) is 4.92 Å². The highest BCUT2D eigenvalue weighted by atomic mass is 32.1. The number of non-ortho nitro benzene ring substituents is 1. The molecule has 2 N–H and O–H groups in total. The monoisotopic (exact) mass is 474 g/mol. The van der Waals surface area contributed by atoms with Crippen LogP contribution in [0.25, 0.3) is 6.08 Å². The second-order valence-corrected chi connectivity index (χ2v) is 7.76. The third-order valence-corrected chi connectivity index (χ3v) is 4.95. The van der Waals surface area contributed by atoms with Gasteiger partial charge in [0.2, 0.25) is 5.91 Å². The molecule has 0 aliphatic rings. The van der Waals surface area contributed by atoms with Crippen LogP contribution in [0.2, 0.25) is 0 Å². The molecule has 0 radical (unpaired) electrons. The zero-order chi connectivity index (χ0) is 24.5. The van der Waals surface area contributed by atoms with Crippen LogP contribution in [-0.4, -0.2) is 33.8 Å². The van der Waals surface area contributed by atoms with Crippen molar-refractivity contribution in [2.24, 2.45) is 0 Å². The zero-order valence-corrected chi connectivity index (χ0v) is 19.1. The zero-order valence-electron chi connectivity index (χ0n) is 18.3. The number of carbonyl (C=O) groups excluding carboxylic acids is 2. The van der Waals surface area contributed by atoms with Crippen molar-refractivity contribution in [1.82, 2.24) is 10.2 Å². The van der Waals surface area contributed by atoms with Gasteiger partial charge < -0.3 is 10.2 Å². The lowest BCUT2D eigenvalue weighted by Gasteiger charge is -2.18. The van der Waals surface area contributed by atoms with Crippen LogP contribution in [0.1, 0.15) is 21.5 Å². The quantitative estimate of drug-likeness (QED) is 0.228. The number of nitrogens with one attached hydrogen (secondary N) is 2. The van der Waals surface area contributed by atoms with Crippen LogP contribution in [0.4, 0.5) is 11.4 Å². The normalized spacial score (nSPS) is 10.5. The first kappa shape index (κ1) is 24.3. The Morgan fingerprint density at radius 1 is 1.03 bits per heavy atom. The third kappa shape index (κ3) is 7.07. The standard InChI is InChI=1S/C25H22N4O4S/c1-28(17-19-6-3-2-4-7-19)24(31)20-8-5-9-21(16-20)26-25(34)27-23(30)15-12-18-10-13-22(14-11-18)29(32)33/h2-16H,17H2,1H3,(H2,26,27,30,34)/b15-12+. The van der Waals surface area contributed by atoms with Gasteiger partial charge >= 0.3 is 0 Å². The summed E-state index contributed by atoms with van der Waals surface area (Å²) in [6.07, 6.45) is 2.79. The van der Waals surface area contributed by atoms with E-state index in [1.54, 1.807) is 36.2 Å². The highest BCUT2D eigenvalue weighted by Gasteiger charge is 2.13. The summed E-state index contributed by atoms with van der Waals surface area (Å²) in [5.41, 5.74) is 2.67. The molecule has 0 atom stereocenters. The minimum absolute atomic E-state index is 0.0287. The number of thiocarbonyl (C=S) groups is 1. The van der Waals surface area contributed by atoms with E-state index < -0.39 is 10.8 Å². The van der Waals surface area contributed by atoms with Gasteiger partial charge in [-0.25, -0.2) is 0 Å². The lowest BCUT2D eigenvalue weighted by Crippen LogP contribution is -2.33. The number of nitro benzene ring substituents is 1. The number of nitro groups is 1. The highest BCUT2D eigenvalue weighted by Crippen LogP contribution is 2.15. The summed E-state index contributed by atoms with van der Waals surface area (Å²) in [5, 5.41) is 16.2. The molecule has 0 fully saturated rings. The van der Waals surface area contributed by atoms with Crippen molar-refractivity contribution in [3.63, 3.8) is 0 Å². The fourth-order valence-electron chi connectivity index (χ4n) is 3.07. The average Bonchev–Trinajstić information content (AvgIpc) is 2.83. The molecule has 0 bridgehead atoms. The van der Waals surface area contributed by atoms with E-state index in [1.807, 2.05) is 30.3 Å². The minimum atomic E-state index is -0.492. The molecule has 0 saturated carbocycles. The van der Waals surface area contributed by atoms with Crippen molar-refractivity contribution in [2.45, 2.75) is 6.54 Å². The van der Waals surface area contributed by atoms with Gasteiger partial charge in [0.1, 0.15) is 0 Å². The fourth-order valence-corrected chi connectivity index (χ4v) is 3.29. The Hall–Kier alpha value is -4.37. The number of hydrogen-bond acceptors (Lipinski definition) is 5. The predicted molar refractivity (Wildman–Crippen MR) is 135 cm³/mol. The molecular weight excluding hydrogens is 452 g/mol. The first-order chi connectivity index (χ1) is 16.3. The lowest BCUT2D eigenvalue weighted by atomic mass is 10.1. The summed E-state index contributed by atoms with van der Waals surface area (Å²) in [6.45, 7) is 0.479. The van der Waals surface area contributed by atoms with Crippen LogP contribution < -0.4 is 10.6 Å². The number of hydrogen-bond donors (Lipinski definition) is 2. The Morgan fingerprint density at radius 3 is 2.41 bits per heavy atom. The molecular formula is C25H22N4O4S. The van der Waals surface area contributed by atoms with Crippen molar-refractivity contribution in [2.75, 3.05) is 12.4 Å². The molecule has 0 saturated heterocycles. The largest absolute Gasteiger partial charge is 0.337 e. The molecule has 34 heavy (non-hydrogen) atoms. The molecule has 3 rings (SSSR count). The van der Waals surface area contributed by atoms with E-state index in [0.29, 0.717) is 23.4 Å². The van der Waals surface area contributed by atoms with Crippen LogP contribution in [-0.2, 0) is 11.3 Å². The van der Waals surface area contributed by atoms with Gasteiger partial charge in [-0.2, -0.15) is 0 Å². The topological polar surface area (TPSA) is 105 Å². The summed E-state index contributed by atoms with van der Waals surface area (Å²) in [6, 6.07) is 22.3. The van der Waals surface area contributed by atoms with Crippen LogP contribution in [0.3, 0.4) is 0 Å². The van der Waals surface area contributed by atoms with Gasteiger partial charge in [-0.15, -0.1) is 0 Å². The van der Waals surface area contributed by atoms with Crippen molar-refractivity contribution >= 4 is 46.6 Å². The van der Waals surface area contributed by atoms with E-state index in [2.05, 4.69) is 10.6 Å². The highest BCUT2D eigenvalue weighted by molar-refractivity contribution is 7.80. The van der Waals surface area contributed by atoms with Crippen molar-refractivity contribution in [3.05, 3.63) is 112 Å². The molecule has 9 heteroatoms. The second kappa shape index (κ2) is 11.5. The Morgan fingerprint density at radius 2 is 1.74 bits per heavy atom. The van der Waals surface area contributed by atoms with Crippen molar-refractivity contribution in [1.29, 1.82) is 0 Å². The van der Waals surface area contributed by atoms with E-state index >= 15 is 0 Å². The van der Waals surface area contributed by atoms with Gasteiger partial charge in [-0.05, 0) is 59.8 Å². The van der Waals surface area contributed by atoms with Gasteiger partial charge in [0.25, 0.3) is 11.6 Å². The third-order valence-electron chi connectivity index (χ3n) is 4.74. The van der Waals surface area contributed by atoms with Crippen LogP contribution in [0, 0.1) is 10.1 Å². The van der Waals surface area contributed by atoms with E-state index in [4.69, 9.17) is 12.2 Å². The smallest absolute Gasteiger partial charge is 0.269 e. The summed E-state index contributed by atoms with van der Waals surface area (Å²) >= 11 is 5.19. The van der Waals surface area contributed by atoms with Crippen molar-refractivity contribution in [3.8, 4) is 0 Å². The van der Waals surface area contributed by atoms with Gasteiger partial charge in [-0.3, -0.25) is 25.0 Å². The molecule has 0 spiro atoms. The van der Waals surface area contributed by atoms with Gasteiger partial charge in [0, 0.05) is 43.1 Å². The Bertz CT molecular complexity index is 1230. The Labute approximate surface area is 202 Å². The molecule has 0 aliphatic heterocycles. The summed E-state index contributed by atoms with van der Waals surface area (Å²) < 4.78 is 0. The number of benzene rings is 3. The number of anilines is 1. The maximum atomic E-state index is 12.8. The van der Waals surface area contributed by atoms with Gasteiger partial charge in [0.15, 0.2) is 5.11 Å². The molecule has 0 heterocycles. The molecule has 172 valence electrons. The maximum absolute atomic E-state index is 12.8. The number of nitrogens with zero attached hydrogens (tertiary/aromatic N) is 2. The van der Waals surface area contributed by atoms with Crippen LogP contribution >= 0.6 is 12.2 Å². The fraction of sp³-hybridized carbons (Fsp3) is 0.0800. The van der Waals surface area contributed by atoms with Crippen molar-refractivity contribution < 1.29 is 14.5 Å². The molecule has 0 aliphatic carbocycles. The lowest BCUT2D eigenvalue weighted by molar-refractivity contribution is -0.384. The number of amides is 2. The van der Waals surface area contributed by atoms with E-state index in [1.165, 1.54) is 36.4 Å². The molecule has 0 unspecified atom stereocenters. The summed E-state index contributed by atoms with van der Waals surface area (Å²) in [5.74, 6) is -0.612. The average molecular weight is 475 g/mol. The maximum Gasteiger partial charge on any atom is 0.269 e. The summed E-state index contributed by atoms with van der Waals surface area (Å²) in [4.78, 5) is 36.8. The predicted octanol–water partition coefficient (Wildman–Crippen LogP) is 4.39. The summed E-state index contributed by atoms with van der Waals surface area (Å²) in [7, 11) is 1.73. The number of rotatable bonds is 7.